The molecular formula is C31H48N4O5S2. The molecule has 0 aromatic heterocycles. The van der Waals surface area contributed by atoms with Crippen LogP contribution in [0.1, 0.15) is 59.8 Å². The fourth-order valence-electron chi connectivity index (χ4n) is 5.63. The molecule has 1 aromatic carbocycles. The molecule has 1 saturated carbocycles. The van der Waals surface area contributed by atoms with Gasteiger partial charge in [0.1, 0.15) is 23.4 Å². The van der Waals surface area contributed by atoms with Crippen LogP contribution in [-0.2, 0) is 14.3 Å². The van der Waals surface area contributed by atoms with Gasteiger partial charge in [-0.3, -0.25) is 14.5 Å². The van der Waals surface area contributed by atoms with E-state index >= 15 is 0 Å². The Balaban J connectivity index is 1.37. The van der Waals surface area contributed by atoms with E-state index in [0.717, 1.165) is 30.3 Å². The van der Waals surface area contributed by atoms with Crippen LogP contribution in [0.2, 0.25) is 0 Å². The number of piperazine rings is 1. The van der Waals surface area contributed by atoms with Gasteiger partial charge in [-0.25, -0.2) is 4.79 Å². The lowest BCUT2D eigenvalue weighted by molar-refractivity contribution is -0.137. The van der Waals surface area contributed by atoms with Gasteiger partial charge in [0.15, 0.2) is 0 Å². The van der Waals surface area contributed by atoms with Crippen molar-refractivity contribution in [3.8, 4) is 5.75 Å². The Hall–Kier alpha value is -2.27. The third-order valence-corrected chi connectivity index (χ3v) is 10.2. The molecule has 11 heteroatoms. The fraction of sp³-hybridized carbons (Fsp3) is 0.710. The zero-order valence-electron chi connectivity index (χ0n) is 25.6. The number of rotatable bonds is 10. The van der Waals surface area contributed by atoms with Gasteiger partial charge in [-0.2, -0.15) is 11.8 Å². The minimum absolute atomic E-state index is 0.0414. The lowest BCUT2D eigenvalue weighted by Gasteiger charge is -2.38. The highest BCUT2D eigenvalue weighted by atomic mass is 32.2. The van der Waals surface area contributed by atoms with E-state index in [4.69, 9.17) is 9.47 Å². The monoisotopic (exact) mass is 620 g/mol. The summed E-state index contributed by atoms with van der Waals surface area (Å²) >= 11 is 3.29. The van der Waals surface area contributed by atoms with Gasteiger partial charge < -0.3 is 24.6 Å². The number of nitrogens with one attached hydrogen (secondary N) is 1. The number of hydrogen-bond donors (Lipinski definition) is 1. The van der Waals surface area contributed by atoms with Crippen molar-refractivity contribution in [2.45, 2.75) is 77.5 Å². The van der Waals surface area contributed by atoms with Gasteiger partial charge in [0, 0.05) is 43.4 Å². The maximum atomic E-state index is 13.8. The molecule has 1 N–H and O–H groups in total. The van der Waals surface area contributed by atoms with Crippen molar-refractivity contribution in [1.29, 1.82) is 0 Å². The molecular weight excluding hydrogens is 572 g/mol. The molecule has 3 amide bonds. The molecule has 9 nitrogen and oxygen atoms in total. The van der Waals surface area contributed by atoms with Gasteiger partial charge in [0.2, 0.25) is 11.8 Å². The van der Waals surface area contributed by atoms with Crippen molar-refractivity contribution in [2.24, 2.45) is 5.92 Å². The second kappa shape index (κ2) is 15.5. The molecule has 2 heterocycles. The first-order valence-electron chi connectivity index (χ1n) is 15.4. The number of ether oxygens (including phenoxy) is 2. The fourth-order valence-corrected chi connectivity index (χ4v) is 8.04. The van der Waals surface area contributed by atoms with E-state index in [9.17, 15) is 14.4 Å². The van der Waals surface area contributed by atoms with Crippen LogP contribution in [0.3, 0.4) is 0 Å². The van der Waals surface area contributed by atoms with Crippen LogP contribution in [-0.4, -0.2) is 101 Å². The Morgan fingerprint density at radius 3 is 2.38 bits per heavy atom. The summed E-state index contributed by atoms with van der Waals surface area (Å²) in [7, 11) is 0. The molecule has 2 saturated heterocycles. The largest absolute Gasteiger partial charge is 0.494 e. The van der Waals surface area contributed by atoms with Gasteiger partial charge in [0.25, 0.3) is 0 Å². The maximum absolute atomic E-state index is 13.8. The molecule has 0 unspecified atom stereocenters. The van der Waals surface area contributed by atoms with Crippen molar-refractivity contribution >= 4 is 47.1 Å². The summed E-state index contributed by atoms with van der Waals surface area (Å²) in [6.07, 6.45) is 5.87. The van der Waals surface area contributed by atoms with E-state index in [2.05, 4.69) is 22.3 Å². The number of amides is 3. The Kier molecular flexibility index (Phi) is 12.0. The third-order valence-electron chi connectivity index (χ3n) is 7.89. The van der Waals surface area contributed by atoms with Crippen LogP contribution in [0.5, 0.6) is 5.75 Å². The zero-order valence-corrected chi connectivity index (χ0v) is 27.3. The molecule has 3 fully saturated rings. The van der Waals surface area contributed by atoms with Crippen molar-refractivity contribution in [3.05, 3.63) is 24.3 Å². The first kappa shape index (κ1) is 32.6. The highest BCUT2D eigenvalue weighted by molar-refractivity contribution is 7.99. The van der Waals surface area contributed by atoms with E-state index in [-0.39, 0.29) is 11.8 Å². The van der Waals surface area contributed by atoms with E-state index in [1.807, 2.05) is 44.7 Å². The summed E-state index contributed by atoms with van der Waals surface area (Å²) in [6, 6.07) is 6.79. The summed E-state index contributed by atoms with van der Waals surface area (Å²) in [6.45, 7) is 10.7. The van der Waals surface area contributed by atoms with Crippen LogP contribution < -0.4 is 15.0 Å². The molecule has 42 heavy (non-hydrogen) atoms. The predicted octanol–water partition coefficient (Wildman–Crippen LogP) is 4.84. The van der Waals surface area contributed by atoms with Crippen LogP contribution in [0.15, 0.2) is 24.3 Å². The molecule has 2 atom stereocenters. The molecule has 2 aliphatic heterocycles. The Morgan fingerprint density at radius 1 is 1.05 bits per heavy atom. The highest BCUT2D eigenvalue weighted by Gasteiger charge is 2.39. The molecule has 0 radical (unpaired) electrons. The number of carbonyl (C=O) groups is 3. The van der Waals surface area contributed by atoms with Crippen molar-refractivity contribution in [3.63, 3.8) is 0 Å². The molecule has 3 aliphatic rings. The van der Waals surface area contributed by atoms with Crippen molar-refractivity contribution in [1.82, 2.24) is 15.1 Å². The second-order valence-corrected chi connectivity index (χ2v) is 14.4. The number of benzene rings is 1. The summed E-state index contributed by atoms with van der Waals surface area (Å²) in [5.74, 6) is 3.64. The zero-order chi connectivity index (χ0) is 30.1. The summed E-state index contributed by atoms with van der Waals surface area (Å²) in [5.41, 5.74) is 0.465. The minimum Gasteiger partial charge on any atom is -0.494 e. The van der Waals surface area contributed by atoms with E-state index in [0.29, 0.717) is 43.0 Å². The average Bonchev–Trinajstić information content (AvgIpc) is 3.47. The molecule has 1 aliphatic carbocycles. The van der Waals surface area contributed by atoms with Crippen LogP contribution >= 0.6 is 23.5 Å². The lowest BCUT2D eigenvalue weighted by Crippen LogP contribution is -2.58. The average molecular weight is 621 g/mol. The second-order valence-electron chi connectivity index (χ2n) is 12.3. The number of anilines is 1. The molecule has 0 bridgehead atoms. The van der Waals surface area contributed by atoms with Gasteiger partial charge in [-0.1, -0.05) is 19.3 Å². The third kappa shape index (κ3) is 9.36. The quantitative estimate of drug-likeness (QED) is 0.398. The lowest BCUT2D eigenvalue weighted by atomic mass is 9.91. The number of carbonyl (C=O) groups excluding carboxylic acids is 3. The van der Waals surface area contributed by atoms with E-state index < -0.39 is 23.8 Å². The van der Waals surface area contributed by atoms with Gasteiger partial charge in [0.05, 0.1) is 12.5 Å². The van der Waals surface area contributed by atoms with E-state index in [1.54, 1.807) is 11.8 Å². The summed E-state index contributed by atoms with van der Waals surface area (Å²) in [4.78, 5) is 45.8. The normalized spacial score (nSPS) is 20.8. The van der Waals surface area contributed by atoms with Gasteiger partial charge >= 0.3 is 6.09 Å². The maximum Gasteiger partial charge on any atom is 0.411 e. The Bertz CT molecular complexity index is 1040. The predicted molar refractivity (Wildman–Crippen MR) is 171 cm³/mol. The number of hydrogen-bond acceptors (Lipinski definition) is 8. The summed E-state index contributed by atoms with van der Waals surface area (Å²) in [5, 5.41) is 3.06. The number of thioether (sulfide) groups is 2. The van der Waals surface area contributed by atoms with Gasteiger partial charge in [-0.15, -0.1) is 11.8 Å². The van der Waals surface area contributed by atoms with Crippen molar-refractivity contribution < 1.29 is 23.9 Å². The number of nitrogens with zero attached hydrogens (tertiary/aromatic N) is 3. The molecule has 4 rings (SSSR count). The van der Waals surface area contributed by atoms with Crippen LogP contribution in [0.4, 0.5) is 10.5 Å². The molecule has 234 valence electrons. The minimum atomic E-state index is -0.653. The van der Waals surface area contributed by atoms with Crippen LogP contribution in [0, 0.1) is 5.92 Å². The standard InChI is InChI=1S/C31H48N4O5S2/c1-5-39-25-13-11-24(12-14-25)33-15-17-34(18-16-33)29(37)26(20-41-19-23-9-7-6-8-10-23)32-28(36)27-21-42-22-35(27)30(38)40-31(2,3)4/h11-14,23,26-27H,5-10,15-22H2,1-4H3,(H,32,36)/t26-,27-/m0/s1. The highest BCUT2D eigenvalue weighted by Crippen LogP contribution is 2.28. The van der Waals surface area contributed by atoms with E-state index in [1.165, 1.54) is 48.8 Å². The summed E-state index contributed by atoms with van der Waals surface area (Å²) < 4.78 is 11.1. The Morgan fingerprint density at radius 2 is 1.74 bits per heavy atom. The first-order valence-corrected chi connectivity index (χ1v) is 17.7. The van der Waals surface area contributed by atoms with Crippen molar-refractivity contribution in [2.75, 3.05) is 60.8 Å². The topological polar surface area (TPSA) is 91.4 Å². The Labute approximate surface area is 259 Å². The van der Waals surface area contributed by atoms with Gasteiger partial charge in [-0.05, 0) is 76.5 Å². The molecule has 1 aromatic rings. The SMILES string of the molecule is CCOc1ccc(N2CCN(C(=O)[C@H](CSCC3CCCCC3)NC(=O)[C@@H]3CSCN3C(=O)OC(C)(C)C)CC2)cc1. The van der Waals surface area contributed by atoms with Crippen LogP contribution in [0.25, 0.3) is 0 Å². The first-order chi connectivity index (χ1) is 20.1. The molecule has 0 spiro atoms. The smallest absolute Gasteiger partial charge is 0.411 e.